The predicted octanol–water partition coefficient (Wildman–Crippen LogP) is 2.00. The van der Waals surface area contributed by atoms with Crippen LogP contribution in [0.5, 0.6) is 0 Å². The molecule has 4 heteroatoms. The van der Waals surface area contributed by atoms with E-state index in [0.717, 1.165) is 19.5 Å². The third-order valence-electron chi connectivity index (χ3n) is 4.54. The van der Waals surface area contributed by atoms with E-state index in [9.17, 15) is 4.79 Å². The van der Waals surface area contributed by atoms with Crippen molar-refractivity contribution < 1.29 is 4.79 Å². The minimum Gasteiger partial charge on any atom is -0.355 e. The molecule has 1 aliphatic heterocycles. The molecule has 1 unspecified atom stereocenters. The Morgan fingerprint density at radius 2 is 1.85 bits per heavy atom. The molecule has 20 heavy (non-hydrogen) atoms. The van der Waals surface area contributed by atoms with Gasteiger partial charge in [-0.05, 0) is 51.9 Å². The minimum absolute atomic E-state index is 0.204. The second-order valence-electron chi connectivity index (χ2n) is 5.90. The topological polar surface area (TPSA) is 44.4 Å². The van der Waals surface area contributed by atoms with Crippen molar-refractivity contribution in [1.82, 2.24) is 15.5 Å². The van der Waals surface area contributed by atoms with Gasteiger partial charge in [0.2, 0.25) is 5.91 Å². The molecule has 118 valence electrons. The van der Waals surface area contributed by atoms with Gasteiger partial charge in [-0.2, -0.15) is 0 Å². The van der Waals surface area contributed by atoms with E-state index in [1.165, 1.54) is 38.8 Å². The molecule has 0 radical (unpaired) electrons. The molecule has 0 aromatic rings. The van der Waals surface area contributed by atoms with Crippen LogP contribution in [-0.4, -0.2) is 50.1 Å². The van der Waals surface area contributed by atoms with Crippen molar-refractivity contribution in [2.75, 3.05) is 33.2 Å². The molecule has 2 N–H and O–H groups in total. The van der Waals surface area contributed by atoms with E-state index >= 15 is 0 Å². The SMILES string of the molecule is CCC(CC)C(CNC(=O)CCCNC)N1CCCC1. The molecular formula is C16H33N3O. The van der Waals surface area contributed by atoms with Gasteiger partial charge in [-0.1, -0.05) is 26.7 Å². The second kappa shape index (κ2) is 10.2. The summed E-state index contributed by atoms with van der Waals surface area (Å²) in [5.41, 5.74) is 0. The van der Waals surface area contributed by atoms with Crippen molar-refractivity contribution in [3.8, 4) is 0 Å². The fourth-order valence-corrected chi connectivity index (χ4v) is 3.23. The van der Waals surface area contributed by atoms with Crippen LogP contribution in [0.2, 0.25) is 0 Å². The molecule has 1 aliphatic rings. The molecule has 1 fully saturated rings. The number of nitrogens with zero attached hydrogens (tertiary/aromatic N) is 1. The normalized spacial score (nSPS) is 17.6. The van der Waals surface area contributed by atoms with Gasteiger partial charge in [0.15, 0.2) is 0 Å². The third kappa shape index (κ3) is 5.80. The van der Waals surface area contributed by atoms with E-state index in [1.807, 2.05) is 7.05 Å². The van der Waals surface area contributed by atoms with Gasteiger partial charge in [0, 0.05) is 19.0 Å². The lowest BCUT2D eigenvalue weighted by molar-refractivity contribution is -0.121. The van der Waals surface area contributed by atoms with E-state index in [0.29, 0.717) is 18.4 Å². The van der Waals surface area contributed by atoms with Crippen LogP contribution in [0.25, 0.3) is 0 Å². The number of amides is 1. The van der Waals surface area contributed by atoms with Gasteiger partial charge in [-0.25, -0.2) is 0 Å². The molecule has 1 heterocycles. The van der Waals surface area contributed by atoms with Crippen molar-refractivity contribution >= 4 is 5.91 Å². The summed E-state index contributed by atoms with van der Waals surface area (Å²) >= 11 is 0. The number of carbonyl (C=O) groups is 1. The molecule has 1 atom stereocenters. The van der Waals surface area contributed by atoms with Gasteiger partial charge >= 0.3 is 0 Å². The first-order valence-corrected chi connectivity index (χ1v) is 8.38. The molecule has 1 saturated heterocycles. The first-order chi connectivity index (χ1) is 9.72. The molecule has 0 aromatic heterocycles. The fraction of sp³-hybridized carbons (Fsp3) is 0.938. The number of likely N-dealkylation sites (tertiary alicyclic amines) is 1. The van der Waals surface area contributed by atoms with Crippen molar-refractivity contribution in [1.29, 1.82) is 0 Å². The van der Waals surface area contributed by atoms with E-state index in [4.69, 9.17) is 0 Å². The summed E-state index contributed by atoms with van der Waals surface area (Å²) in [5, 5.41) is 6.24. The molecule has 0 bridgehead atoms. The van der Waals surface area contributed by atoms with Crippen molar-refractivity contribution in [3.63, 3.8) is 0 Å². The Labute approximate surface area is 124 Å². The summed E-state index contributed by atoms with van der Waals surface area (Å²) in [7, 11) is 1.93. The number of hydrogen-bond acceptors (Lipinski definition) is 3. The zero-order valence-electron chi connectivity index (χ0n) is 13.6. The zero-order chi connectivity index (χ0) is 14.8. The van der Waals surface area contributed by atoms with E-state index in [2.05, 4.69) is 29.4 Å². The van der Waals surface area contributed by atoms with Crippen LogP contribution in [0.1, 0.15) is 52.4 Å². The first-order valence-electron chi connectivity index (χ1n) is 8.38. The van der Waals surface area contributed by atoms with Gasteiger partial charge in [0.1, 0.15) is 0 Å². The Hall–Kier alpha value is -0.610. The maximum absolute atomic E-state index is 11.9. The number of rotatable bonds is 10. The highest BCUT2D eigenvalue weighted by atomic mass is 16.1. The van der Waals surface area contributed by atoms with E-state index in [-0.39, 0.29) is 5.91 Å². The summed E-state index contributed by atoms with van der Waals surface area (Å²) in [6.07, 6.45) is 6.58. The van der Waals surface area contributed by atoms with E-state index < -0.39 is 0 Å². The number of carbonyl (C=O) groups excluding carboxylic acids is 1. The Morgan fingerprint density at radius 3 is 2.40 bits per heavy atom. The van der Waals surface area contributed by atoms with E-state index in [1.54, 1.807) is 0 Å². The maximum Gasteiger partial charge on any atom is 0.220 e. The molecule has 0 saturated carbocycles. The van der Waals surface area contributed by atoms with Crippen molar-refractivity contribution in [2.24, 2.45) is 5.92 Å². The summed E-state index contributed by atoms with van der Waals surface area (Å²) < 4.78 is 0. The average molecular weight is 283 g/mol. The van der Waals surface area contributed by atoms with Gasteiger partial charge in [-0.15, -0.1) is 0 Å². The van der Waals surface area contributed by atoms with Crippen LogP contribution < -0.4 is 10.6 Å². The monoisotopic (exact) mass is 283 g/mol. The smallest absolute Gasteiger partial charge is 0.220 e. The molecule has 4 nitrogen and oxygen atoms in total. The third-order valence-corrected chi connectivity index (χ3v) is 4.54. The number of nitrogens with one attached hydrogen (secondary N) is 2. The first kappa shape index (κ1) is 17.4. The van der Waals surface area contributed by atoms with Gasteiger partial charge in [0.05, 0.1) is 0 Å². The van der Waals surface area contributed by atoms with Crippen molar-refractivity contribution in [3.05, 3.63) is 0 Å². The van der Waals surface area contributed by atoms with Gasteiger partial charge < -0.3 is 10.6 Å². The molecular weight excluding hydrogens is 250 g/mol. The Kier molecular flexibility index (Phi) is 8.86. The summed E-state index contributed by atoms with van der Waals surface area (Å²) in [6, 6.07) is 0.528. The molecule has 1 amide bonds. The molecule has 0 aliphatic carbocycles. The Bertz CT molecular complexity index is 258. The summed E-state index contributed by atoms with van der Waals surface area (Å²) in [5.74, 6) is 0.904. The van der Waals surface area contributed by atoms with Crippen LogP contribution in [-0.2, 0) is 4.79 Å². The van der Waals surface area contributed by atoms with Gasteiger partial charge in [0.25, 0.3) is 0 Å². The fourth-order valence-electron chi connectivity index (χ4n) is 3.23. The highest BCUT2D eigenvalue weighted by Crippen LogP contribution is 2.22. The lowest BCUT2D eigenvalue weighted by Gasteiger charge is -2.34. The largest absolute Gasteiger partial charge is 0.355 e. The minimum atomic E-state index is 0.204. The summed E-state index contributed by atoms with van der Waals surface area (Å²) in [4.78, 5) is 14.5. The molecule has 1 rings (SSSR count). The quantitative estimate of drug-likeness (QED) is 0.603. The Morgan fingerprint density at radius 1 is 1.20 bits per heavy atom. The molecule has 0 aromatic carbocycles. The Balaban J connectivity index is 2.41. The van der Waals surface area contributed by atoms with Crippen LogP contribution in [0.15, 0.2) is 0 Å². The number of hydrogen-bond donors (Lipinski definition) is 2. The van der Waals surface area contributed by atoms with Crippen molar-refractivity contribution in [2.45, 2.75) is 58.4 Å². The maximum atomic E-state index is 11.9. The van der Waals surface area contributed by atoms with Gasteiger partial charge in [-0.3, -0.25) is 9.69 Å². The van der Waals surface area contributed by atoms with Crippen LogP contribution in [0, 0.1) is 5.92 Å². The average Bonchev–Trinajstić information content (AvgIpc) is 2.97. The van der Waals surface area contributed by atoms with Crippen LogP contribution in [0.4, 0.5) is 0 Å². The van der Waals surface area contributed by atoms with Crippen LogP contribution >= 0.6 is 0 Å². The second-order valence-corrected chi connectivity index (χ2v) is 5.90. The zero-order valence-corrected chi connectivity index (χ0v) is 13.6. The standard InChI is InChI=1S/C16H33N3O/c1-4-14(5-2)15(19-11-6-7-12-19)13-18-16(20)9-8-10-17-3/h14-15,17H,4-13H2,1-3H3,(H,18,20). The lowest BCUT2D eigenvalue weighted by atomic mass is 9.93. The molecule has 0 spiro atoms. The summed E-state index contributed by atoms with van der Waals surface area (Å²) in [6.45, 7) is 8.69. The van der Waals surface area contributed by atoms with Crippen LogP contribution in [0.3, 0.4) is 0 Å². The highest BCUT2D eigenvalue weighted by Gasteiger charge is 2.27. The lowest BCUT2D eigenvalue weighted by Crippen LogP contribution is -2.46. The highest BCUT2D eigenvalue weighted by molar-refractivity contribution is 5.75. The predicted molar refractivity (Wildman–Crippen MR) is 84.8 cm³/mol.